The predicted octanol–water partition coefficient (Wildman–Crippen LogP) is 2.67. The van der Waals surface area contributed by atoms with E-state index in [0.717, 1.165) is 12.8 Å². The van der Waals surface area contributed by atoms with E-state index in [-0.39, 0.29) is 17.4 Å². The van der Waals surface area contributed by atoms with Gasteiger partial charge in [-0.2, -0.15) is 0 Å². The van der Waals surface area contributed by atoms with Gasteiger partial charge < -0.3 is 10.7 Å². The highest BCUT2D eigenvalue weighted by molar-refractivity contribution is 5.99. The van der Waals surface area contributed by atoms with Crippen molar-refractivity contribution < 1.29 is 4.79 Å². The first-order valence-electron chi connectivity index (χ1n) is 6.91. The monoisotopic (exact) mass is 261 g/mol. The quantitative estimate of drug-likeness (QED) is 0.579. The molecule has 0 bridgehead atoms. The highest BCUT2D eigenvalue weighted by Gasteiger charge is 2.33. The van der Waals surface area contributed by atoms with Crippen molar-refractivity contribution in [2.45, 2.75) is 45.6 Å². The molecule has 1 saturated carbocycles. The molecule has 2 rings (SSSR count). The van der Waals surface area contributed by atoms with E-state index >= 15 is 0 Å². The average Bonchev–Trinajstić information content (AvgIpc) is 2.41. The normalized spacial score (nSPS) is 21.7. The Labute approximate surface area is 114 Å². The number of hydrogen-bond acceptors (Lipinski definition) is 3. The number of benzene rings is 1. The maximum absolute atomic E-state index is 12.4. The third-order valence-corrected chi connectivity index (χ3v) is 4.14. The molecule has 0 heterocycles. The van der Waals surface area contributed by atoms with Gasteiger partial charge in [0.25, 0.3) is 5.91 Å². The smallest absolute Gasteiger partial charge is 0.253 e. The standard InChI is InChI=1S/C15H23N3O/c1-15(2)10-6-5-9-13(15)17-14(19)11-7-3-4-8-12(11)18-16/h3-4,7-8,13,18H,5-6,9-10,16H2,1-2H3,(H,17,19). The number of nitrogens with one attached hydrogen (secondary N) is 2. The fraction of sp³-hybridized carbons (Fsp3) is 0.533. The van der Waals surface area contributed by atoms with Crippen LogP contribution in [0.15, 0.2) is 24.3 Å². The predicted molar refractivity (Wildman–Crippen MR) is 77.8 cm³/mol. The first-order valence-corrected chi connectivity index (χ1v) is 6.91. The van der Waals surface area contributed by atoms with Crippen molar-refractivity contribution in [3.63, 3.8) is 0 Å². The fourth-order valence-electron chi connectivity index (χ4n) is 2.80. The van der Waals surface area contributed by atoms with Crippen LogP contribution in [-0.4, -0.2) is 11.9 Å². The van der Waals surface area contributed by atoms with E-state index in [9.17, 15) is 4.79 Å². The van der Waals surface area contributed by atoms with E-state index in [0.29, 0.717) is 11.3 Å². The molecule has 4 nitrogen and oxygen atoms in total. The third kappa shape index (κ3) is 3.07. The van der Waals surface area contributed by atoms with Crippen molar-refractivity contribution in [1.82, 2.24) is 5.32 Å². The van der Waals surface area contributed by atoms with E-state index in [4.69, 9.17) is 5.84 Å². The summed E-state index contributed by atoms with van der Waals surface area (Å²) in [5.74, 6) is 5.40. The summed E-state index contributed by atoms with van der Waals surface area (Å²) in [5, 5.41) is 3.17. The molecule has 1 unspecified atom stereocenters. The Balaban J connectivity index is 2.12. The average molecular weight is 261 g/mol. The van der Waals surface area contributed by atoms with Crippen LogP contribution in [0.5, 0.6) is 0 Å². The number of para-hydroxylation sites is 1. The molecule has 0 saturated heterocycles. The molecule has 19 heavy (non-hydrogen) atoms. The Bertz CT molecular complexity index is 456. The molecular formula is C15H23N3O. The van der Waals surface area contributed by atoms with Crippen LogP contribution in [0.2, 0.25) is 0 Å². The lowest BCUT2D eigenvalue weighted by Gasteiger charge is -2.39. The number of hydrogen-bond donors (Lipinski definition) is 3. The zero-order valence-corrected chi connectivity index (χ0v) is 11.7. The minimum absolute atomic E-state index is 0.0477. The van der Waals surface area contributed by atoms with Crippen molar-refractivity contribution in [1.29, 1.82) is 0 Å². The number of nitrogen functional groups attached to an aromatic ring is 1. The lowest BCUT2D eigenvalue weighted by atomic mass is 9.73. The molecule has 1 amide bonds. The summed E-state index contributed by atoms with van der Waals surface area (Å²) in [6.07, 6.45) is 4.65. The lowest BCUT2D eigenvalue weighted by Crippen LogP contribution is -2.47. The maximum Gasteiger partial charge on any atom is 0.253 e. The van der Waals surface area contributed by atoms with Crippen molar-refractivity contribution in [3.05, 3.63) is 29.8 Å². The van der Waals surface area contributed by atoms with Gasteiger partial charge in [-0.3, -0.25) is 10.6 Å². The van der Waals surface area contributed by atoms with Crippen LogP contribution in [0.3, 0.4) is 0 Å². The first-order chi connectivity index (χ1) is 9.04. The van der Waals surface area contributed by atoms with Crippen LogP contribution >= 0.6 is 0 Å². The number of amides is 1. The van der Waals surface area contributed by atoms with E-state index < -0.39 is 0 Å². The van der Waals surface area contributed by atoms with Gasteiger partial charge in [-0.05, 0) is 30.4 Å². The van der Waals surface area contributed by atoms with Crippen molar-refractivity contribution in [3.8, 4) is 0 Å². The van der Waals surface area contributed by atoms with Crippen molar-refractivity contribution in [2.75, 3.05) is 5.43 Å². The molecule has 0 aromatic heterocycles. The molecule has 0 aliphatic heterocycles. The van der Waals surface area contributed by atoms with Gasteiger partial charge in [-0.1, -0.05) is 38.8 Å². The Morgan fingerprint density at radius 2 is 2.05 bits per heavy atom. The summed E-state index contributed by atoms with van der Waals surface area (Å²) < 4.78 is 0. The Hall–Kier alpha value is -1.55. The number of hydrazine groups is 1. The van der Waals surface area contributed by atoms with Crippen LogP contribution in [0.1, 0.15) is 49.9 Å². The van der Waals surface area contributed by atoms with Crippen molar-refractivity contribution >= 4 is 11.6 Å². The molecular weight excluding hydrogens is 238 g/mol. The summed E-state index contributed by atoms with van der Waals surface area (Å²) >= 11 is 0. The van der Waals surface area contributed by atoms with Crippen LogP contribution in [0, 0.1) is 5.41 Å². The topological polar surface area (TPSA) is 67.2 Å². The molecule has 1 aromatic rings. The summed E-state index contributed by atoms with van der Waals surface area (Å²) in [4.78, 5) is 12.4. The molecule has 4 heteroatoms. The number of carbonyl (C=O) groups excluding carboxylic acids is 1. The lowest BCUT2D eigenvalue weighted by molar-refractivity contribution is 0.0854. The van der Waals surface area contributed by atoms with Crippen LogP contribution < -0.4 is 16.6 Å². The van der Waals surface area contributed by atoms with Crippen molar-refractivity contribution in [2.24, 2.45) is 11.3 Å². The first kappa shape index (κ1) is 13.9. The number of anilines is 1. The van der Waals surface area contributed by atoms with Gasteiger partial charge in [0, 0.05) is 6.04 Å². The zero-order chi connectivity index (χ0) is 13.9. The molecule has 0 radical (unpaired) electrons. The summed E-state index contributed by atoms with van der Waals surface area (Å²) in [5.41, 5.74) is 4.00. The van der Waals surface area contributed by atoms with Crippen LogP contribution in [0.25, 0.3) is 0 Å². The van der Waals surface area contributed by atoms with Gasteiger partial charge >= 0.3 is 0 Å². The molecule has 1 atom stereocenters. The number of rotatable bonds is 3. The van der Waals surface area contributed by atoms with Gasteiger partial charge in [0.15, 0.2) is 0 Å². The molecule has 1 fully saturated rings. The highest BCUT2D eigenvalue weighted by atomic mass is 16.1. The maximum atomic E-state index is 12.4. The largest absolute Gasteiger partial charge is 0.349 e. The van der Waals surface area contributed by atoms with E-state index in [1.165, 1.54) is 12.8 Å². The van der Waals surface area contributed by atoms with Gasteiger partial charge in [-0.15, -0.1) is 0 Å². The molecule has 1 aromatic carbocycles. The SMILES string of the molecule is CC1(C)CCCCC1NC(=O)c1ccccc1NN. The van der Waals surface area contributed by atoms with Gasteiger partial charge in [0.05, 0.1) is 11.3 Å². The van der Waals surface area contributed by atoms with E-state index in [1.54, 1.807) is 12.1 Å². The number of nitrogens with two attached hydrogens (primary N) is 1. The summed E-state index contributed by atoms with van der Waals surface area (Å²) in [6, 6.07) is 7.54. The molecule has 0 spiro atoms. The summed E-state index contributed by atoms with van der Waals surface area (Å²) in [7, 11) is 0. The highest BCUT2D eigenvalue weighted by Crippen LogP contribution is 2.35. The van der Waals surface area contributed by atoms with E-state index in [2.05, 4.69) is 24.6 Å². The van der Waals surface area contributed by atoms with E-state index in [1.807, 2.05) is 12.1 Å². The van der Waals surface area contributed by atoms with Gasteiger partial charge in [0.2, 0.25) is 0 Å². The third-order valence-electron chi connectivity index (χ3n) is 4.14. The zero-order valence-electron chi connectivity index (χ0n) is 11.7. The Kier molecular flexibility index (Phi) is 4.10. The van der Waals surface area contributed by atoms with Crippen LogP contribution in [0.4, 0.5) is 5.69 Å². The molecule has 4 N–H and O–H groups in total. The molecule has 1 aliphatic rings. The second-order valence-corrected chi connectivity index (χ2v) is 5.95. The molecule has 1 aliphatic carbocycles. The minimum atomic E-state index is -0.0477. The van der Waals surface area contributed by atoms with Gasteiger partial charge in [0.1, 0.15) is 0 Å². The fourth-order valence-corrected chi connectivity index (χ4v) is 2.80. The summed E-state index contributed by atoms with van der Waals surface area (Å²) in [6.45, 7) is 4.45. The Morgan fingerprint density at radius 1 is 1.32 bits per heavy atom. The second-order valence-electron chi connectivity index (χ2n) is 5.95. The van der Waals surface area contributed by atoms with Crippen LogP contribution in [-0.2, 0) is 0 Å². The number of carbonyl (C=O) groups is 1. The minimum Gasteiger partial charge on any atom is -0.349 e. The Morgan fingerprint density at radius 3 is 2.74 bits per heavy atom. The second kappa shape index (κ2) is 5.61. The van der Waals surface area contributed by atoms with Gasteiger partial charge in [-0.25, -0.2) is 0 Å². The molecule has 104 valence electrons.